The molecule has 1 aliphatic rings. The van der Waals surface area contributed by atoms with E-state index in [1.54, 1.807) is 18.6 Å². The molecule has 1 heterocycles. The van der Waals surface area contributed by atoms with Gasteiger partial charge >= 0.3 is 0 Å². The van der Waals surface area contributed by atoms with Crippen molar-refractivity contribution in [2.75, 3.05) is 0 Å². The Kier molecular flexibility index (Phi) is 2.50. The van der Waals surface area contributed by atoms with E-state index in [1.165, 1.54) is 0 Å². The van der Waals surface area contributed by atoms with Gasteiger partial charge in [-0.05, 0) is 31.6 Å². The lowest BCUT2D eigenvalue weighted by atomic mass is 9.78. The van der Waals surface area contributed by atoms with Crippen LogP contribution in [0.4, 0.5) is 0 Å². The molecule has 14 heavy (non-hydrogen) atoms. The lowest BCUT2D eigenvalue weighted by Crippen LogP contribution is -2.31. The molecule has 0 unspecified atom stereocenters. The second kappa shape index (κ2) is 3.65. The zero-order valence-corrected chi connectivity index (χ0v) is 8.48. The van der Waals surface area contributed by atoms with Gasteiger partial charge in [0.1, 0.15) is 5.60 Å². The van der Waals surface area contributed by atoms with Gasteiger partial charge in [0.25, 0.3) is 0 Å². The van der Waals surface area contributed by atoms with E-state index < -0.39 is 5.60 Å². The topological polar surface area (TPSA) is 46.0 Å². The fourth-order valence-corrected chi connectivity index (χ4v) is 2.04. The van der Waals surface area contributed by atoms with E-state index in [1.807, 2.05) is 0 Å². The van der Waals surface area contributed by atoms with Crippen LogP contribution >= 0.6 is 0 Å². The van der Waals surface area contributed by atoms with Gasteiger partial charge in [0.15, 0.2) is 0 Å². The molecule has 1 aliphatic carbocycles. The van der Waals surface area contributed by atoms with Gasteiger partial charge in [0.05, 0.1) is 11.9 Å². The Morgan fingerprint density at radius 2 is 2.07 bits per heavy atom. The maximum absolute atomic E-state index is 10.4. The van der Waals surface area contributed by atoms with E-state index in [4.69, 9.17) is 0 Å². The predicted molar refractivity (Wildman–Crippen MR) is 53.6 cm³/mol. The molecule has 1 aromatic heterocycles. The monoisotopic (exact) mass is 192 g/mol. The molecule has 0 amide bonds. The molecular weight excluding hydrogens is 176 g/mol. The molecule has 1 saturated carbocycles. The third-order valence-electron chi connectivity index (χ3n) is 3.14. The Morgan fingerprint density at radius 1 is 1.36 bits per heavy atom. The number of rotatable bonds is 1. The lowest BCUT2D eigenvalue weighted by molar-refractivity contribution is -0.0161. The van der Waals surface area contributed by atoms with E-state index in [0.717, 1.165) is 37.3 Å². The Balaban J connectivity index is 2.17. The summed E-state index contributed by atoms with van der Waals surface area (Å²) in [5.74, 6) is 0.729. The average molecular weight is 192 g/mol. The van der Waals surface area contributed by atoms with Crippen LogP contribution < -0.4 is 0 Å². The molecule has 0 atom stereocenters. The molecule has 0 radical (unpaired) electrons. The first-order valence-corrected chi connectivity index (χ1v) is 5.19. The van der Waals surface area contributed by atoms with Crippen LogP contribution in [0.1, 0.15) is 38.3 Å². The number of nitrogens with zero attached hydrogens (tertiary/aromatic N) is 2. The highest BCUT2D eigenvalue weighted by atomic mass is 16.3. The number of aliphatic hydroxyl groups is 1. The van der Waals surface area contributed by atoms with Crippen LogP contribution in [0.15, 0.2) is 18.6 Å². The fourth-order valence-electron chi connectivity index (χ4n) is 2.04. The average Bonchev–Trinajstić information content (AvgIpc) is 2.24. The van der Waals surface area contributed by atoms with E-state index in [9.17, 15) is 5.11 Å². The minimum Gasteiger partial charge on any atom is -0.383 e. The number of hydrogen-bond acceptors (Lipinski definition) is 3. The van der Waals surface area contributed by atoms with Crippen molar-refractivity contribution in [2.24, 2.45) is 5.92 Å². The summed E-state index contributed by atoms with van der Waals surface area (Å²) in [5.41, 5.74) is 0.00715. The normalized spacial score (nSPS) is 32.9. The third kappa shape index (κ3) is 1.77. The zero-order valence-electron chi connectivity index (χ0n) is 8.48. The molecular formula is C11H16N2O. The zero-order chi connectivity index (χ0) is 10.0. The van der Waals surface area contributed by atoms with Crippen molar-refractivity contribution in [1.82, 2.24) is 9.97 Å². The molecule has 2 rings (SSSR count). The highest BCUT2D eigenvalue weighted by molar-refractivity contribution is 5.09. The summed E-state index contributed by atoms with van der Waals surface area (Å²) in [7, 11) is 0. The Hall–Kier alpha value is -0.960. The van der Waals surface area contributed by atoms with Gasteiger partial charge in [0.2, 0.25) is 0 Å². The summed E-state index contributed by atoms with van der Waals surface area (Å²) < 4.78 is 0. The molecule has 3 heteroatoms. The van der Waals surface area contributed by atoms with Gasteiger partial charge in [-0.1, -0.05) is 6.92 Å². The fraction of sp³-hybridized carbons (Fsp3) is 0.636. The summed E-state index contributed by atoms with van der Waals surface area (Å²) in [6, 6.07) is 0. The highest BCUT2D eigenvalue weighted by Gasteiger charge is 2.34. The molecule has 0 aliphatic heterocycles. The molecule has 0 bridgehead atoms. The highest BCUT2D eigenvalue weighted by Crippen LogP contribution is 2.37. The van der Waals surface area contributed by atoms with Crippen LogP contribution in [0.5, 0.6) is 0 Å². The summed E-state index contributed by atoms with van der Waals surface area (Å²) in [5, 5.41) is 10.4. The number of hydrogen-bond donors (Lipinski definition) is 1. The minimum absolute atomic E-state index is 0.721. The molecule has 1 N–H and O–H groups in total. The van der Waals surface area contributed by atoms with Crippen molar-refractivity contribution in [3.8, 4) is 0 Å². The van der Waals surface area contributed by atoms with E-state index in [0.29, 0.717) is 0 Å². The van der Waals surface area contributed by atoms with Gasteiger partial charge in [0, 0.05) is 12.4 Å². The smallest absolute Gasteiger partial charge is 0.108 e. The van der Waals surface area contributed by atoms with Crippen molar-refractivity contribution in [1.29, 1.82) is 0 Å². The maximum atomic E-state index is 10.4. The van der Waals surface area contributed by atoms with Crippen molar-refractivity contribution in [2.45, 2.75) is 38.2 Å². The van der Waals surface area contributed by atoms with Crippen molar-refractivity contribution >= 4 is 0 Å². The van der Waals surface area contributed by atoms with E-state index in [-0.39, 0.29) is 0 Å². The van der Waals surface area contributed by atoms with Crippen LogP contribution in [0.2, 0.25) is 0 Å². The van der Waals surface area contributed by atoms with Crippen molar-refractivity contribution < 1.29 is 5.11 Å². The Bertz CT molecular complexity index is 291. The summed E-state index contributed by atoms with van der Waals surface area (Å²) in [4.78, 5) is 8.19. The molecule has 3 nitrogen and oxygen atoms in total. The van der Waals surface area contributed by atoms with Gasteiger partial charge in [-0.3, -0.25) is 9.97 Å². The minimum atomic E-state index is -0.721. The van der Waals surface area contributed by atoms with Crippen molar-refractivity contribution in [3.05, 3.63) is 24.3 Å². The van der Waals surface area contributed by atoms with Gasteiger partial charge in [-0.25, -0.2) is 0 Å². The SMILES string of the molecule is CC1CCC(O)(c2cnccn2)CC1. The van der Waals surface area contributed by atoms with E-state index >= 15 is 0 Å². The summed E-state index contributed by atoms with van der Waals surface area (Å²) in [6.07, 6.45) is 8.74. The van der Waals surface area contributed by atoms with Crippen LogP contribution in [0.25, 0.3) is 0 Å². The molecule has 0 spiro atoms. The molecule has 0 saturated heterocycles. The second-order valence-corrected chi connectivity index (χ2v) is 4.30. The largest absolute Gasteiger partial charge is 0.383 e. The lowest BCUT2D eigenvalue weighted by Gasteiger charge is -2.33. The van der Waals surface area contributed by atoms with Crippen molar-refractivity contribution in [3.63, 3.8) is 0 Å². The molecule has 0 aromatic carbocycles. The van der Waals surface area contributed by atoms with Crippen LogP contribution in [-0.2, 0) is 5.60 Å². The molecule has 1 aromatic rings. The first-order chi connectivity index (χ1) is 6.71. The predicted octanol–water partition coefficient (Wildman–Crippen LogP) is 1.87. The summed E-state index contributed by atoms with van der Waals surface area (Å²) in [6.45, 7) is 2.23. The molecule has 76 valence electrons. The van der Waals surface area contributed by atoms with E-state index in [2.05, 4.69) is 16.9 Å². The first-order valence-electron chi connectivity index (χ1n) is 5.19. The van der Waals surface area contributed by atoms with Crippen LogP contribution in [0.3, 0.4) is 0 Å². The Labute approximate surface area is 84.2 Å². The molecule has 1 fully saturated rings. The first kappa shape index (κ1) is 9.59. The van der Waals surface area contributed by atoms with Crippen LogP contribution in [-0.4, -0.2) is 15.1 Å². The third-order valence-corrected chi connectivity index (χ3v) is 3.14. The standard InChI is InChI=1S/C11H16N2O/c1-9-2-4-11(14,5-3-9)10-8-12-6-7-13-10/h6-9,14H,2-5H2,1H3. The van der Waals surface area contributed by atoms with Gasteiger partial charge in [-0.15, -0.1) is 0 Å². The maximum Gasteiger partial charge on any atom is 0.108 e. The van der Waals surface area contributed by atoms with Crippen LogP contribution in [0, 0.1) is 5.92 Å². The van der Waals surface area contributed by atoms with Gasteiger partial charge < -0.3 is 5.11 Å². The summed E-state index contributed by atoms with van der Waals surface area (Å²) >= 11 is 0. The second-order valence-electron chi connectivity index (χ2n) is 4.30. The quantitative estimate of drug-likeness (QED) is 0.739. The van der Waals surface area contributed by atoms with Gasteiger partial charge in [-0.2, -0.15) is 0 Å². The number of aromatic nitrogens is 2. The Morgan fingerprint density at radius 3 is 2.64 bits per heavy atom.